The lowest BCUT2D eigenvalue weighted by Gasteiger charge is -2.38. The average Bonchev–Trinajstić information content (AvgIpc) is 3.37. The molecular weight excluding hydrogens is 530 g/mol. The van der Waals surface area contributed by atoms with Crippen LogP contribution in [0.4, 0.5) is 5.69 Å². The first-order valence-electron chi connectivity index (χ1n) is 14.3. The number of carbonyl (C=O) groups excluding carboxylic acids is 3. The second kappa shape index (κ2) is 12.2. The number of ether oxygens (including phenoxy) is 1. The van der Waals surface area contributed by atoms with E-state index >= 15 is 0 Å². The van der Waals surface area contributed by atoms with Crippen molar-refractivity contribution in [3.8, 4) is 11.1 Å². The van der Waals surface area contributed by atoms with Gasteiger partial charge >= 0.3 is 5.97 Å². The first kappa shape index (κ1) is 29.0. The molecule has 1 aliphatic carbocycles. The number of aryl methyl sites for hydroxylation is 1. The van der Waals surface area contributed by atoms with E-state index in [1.807, 2.05) is 49.9 Å². The van der Waals surface area contributed by atoms with Gasteiger partial charge in [0.15, 0.2) is 0 Å². The SMILES string of the molecule is C=CC(=O)Nc1cc(-c2c(C3=CC(N4CCN(C(C)=O)CC4)CC=C3)[nH]c3ncc(C(=O)OC(C)C)cc23)ccc1C. The molecule has 0 radical (unpaired) electrons. The Hall–Kier alpha value is -4.50. The van der Waals surface area contributed by atoms with Crippen LogP contribution in [0, 0.1) is 6.92 Å². The number of H-pyrrole nitrogens is 1. The Morgan fingerprint density at radius 1 is 1.17 bits per heavy atom. The molecule has 3 aromatic rings. The van der Waals surface area contributed by atoms with Crippen LogP contribution in [-0.4, -0.2) is 75.9 Å². The van der Waals surface area contributed by atoms with Crippen molar-refractivity contribution in [3.63, 3.8) is 0 Å². The van der Waals surface area contributed by atoms with Crippen LogP contribution in [0.3, 0.4) is 0 Å². The maximum absolute atomic E-state index is 12.8. The van der Waals surface area contributed by atoms with Crippen molar-refractivity contribution in [3.05, 3.63) is 78.2 Å². The molecule has 9 nitrogen and oxygen atoms in total. The molecule has 5 rings (SSSR count). The second-order valence-electron chi connectivity index (χ2n) is 11.0. The summed E-state index contributed by atoms with van der Waals surface area (Å²) in [7, 11) is 0. The van der Waals surface area contributed by atoms with Crippen molar-refractivity contribution in [2.24, 2.45) is 0 Å². The van der Waals surface area contributed by atoms with Crippen molar-refractivity contribution < 1.29 is 19.1 Å². The quantitative estimate of drug-likeness (QED) is 0.304. The number of aromatic nitrogens is 2. The van der Waals surface area contributed by atoms with Gasteiger partial charge in [0.1, 0.15) is 5.65 Å². The number of pyridine rings is 1. The smallest absolute Gasteiger partial charge is 0.339 e. The summed E-state index contributed by atoms with van der Waals surface area (Å²) in [6.45, 7) is 13.8. The van der Waals surface area contributed by atoms with Gasteiger partial charge in [0, 0.05) is 62.0 Å². The van der Waals surface area contributed by atoms with Crippen molar-refractivity contribution in [2.45, 2.75) is 46.3 Å². The number of nitrogens with one attached hydrogen (secondary N) is 2. The molecule has 1 saturated heterocycles. The van der Waals surface area contributed by atoms with E-state index in [1.54, 1.807) is 6.92 Å². The standard InChI is InChI=1S/C33H37N5O4/c1-6-29(40)35-28-18-23(11-10-21(28)4)30-27-17-25(33(41)42-20(2)3)19-34-32(27)36-31(30)24-8-7-9-26(16-24)38-14-12-37(13-15-38)22(5)39/h6-8,10-11,16-20,26H,1,9,12-15H2,2-5H3,(H,34,36)(H,35,40). The summed E-state index contributed by atoms with van der Waals surface area (Å²) < 4.78 is 5.45. The van der Waals surface area contributed by atoms with Crippen LogP contribution < -0.4 is 5.32 Å². The lowest BCUT2D eigenvalue weighted by molar-refractivity contribution is -0.130. The van der Waals surface area contributed by atoms with Gasteiger partial charge < -0.3 is 19.9 Å². The highest BCUT2D eigenvalue weighted by Gasteiger charge is 2.26. The number of esters is 1. The summed E-state index contributed by atoms with van der Waals surface area (Å²) in [4.78, 5) is 49.2. The van der Waals surface area contributed by atoms with Gasteiger partial charge in [-0.1, -0.05) is 36.9 Å². The van der Waals surface area contributed by atoms with E-state index < -0.39 is 5.97 Å². The van der Waals surface area contributed by atoms with E-state index in [9.17, 15) is 14.4 Å². The van der Waals surface area contributed by atoms with Gasteiger partial charge in [-0.3, -0.25) is 14.5 Å². The fraction of sp³-hybridized carbons (Fsp3) is 0.333. The zero-order chi connectivity index (χ0) is 30.0. The number of hydrogen-bond acceptors (Lipinski definition) is 6. The Morgan fingerprint density at radius 3 is 2.62 bits per heavy atom. The van der Waals surface area contributed by atoms with Gasteiger partial charge in [0.05, 0.1) is 17.4 Å². The molecule has 9 heteroatoms. The number of carbonyl (C=O) groups is 3. The van der Waals surface area contributed by atoms with Crippen LogP contribution in [0.2, 0.25) is 0 Å². The number of aromatic amines is 1. The molecular formula is C33H37N5O4. The van der Waals surface area contributed by atoms with Gasteiger partial charge in [-0.15, -0.1) is 0 Å². The molecule has 1 atom stereocenters. The number of benzene rings is 1. The number of rotatable bonds is 7. The number of fused-ring (bicyclic) bond motifs is 1. The summed E-state index contributed by atoms with van der Waals surface area (Å²) in [6, 6.07) is 7.91. The minimum atomic E-state index is -0.433. The molecule has 1 aliphatic heterocycles. The summed E-state index contributed by atoms with van der Waals surface area (Å²) in [6.07, 6.45) is 9.95. The van der Waals surface area contributed by atoms with Crippen molar-refractivity contribution in [2.75, 3.05) is 31.5 Å². The molecule has 1 aromatic carbocycles. The maximum atomic E-state index is 12.8. The molecule has 0 bridgehead atoms. The largest absolute Gasteiger partial charge is 0.459 e. The first-order chi connectivity index (χ1) is 20.1. The Labute approximate surface area is 245 Å². The zero-order valence-corrected chi connectivity index (χ0v) is 24.6. The van der Waals surface area contributed by atoms with Crippen LogP contribution in [0.15, 0.2) is 61.3 Å². The molecule has 2 aromatic heterocycles. The minimum Gasteiger partial charge on any atom is -0.459 e. The average molecular weight is 568 g/mol. The molecule has 1 fully saturated rings. The third-order valence-electron chi connectivity index (χ3n) is 7.76. The molecule has 0 spiro atoms. The van der Waals surface area contributed by atoms with E-state index in [0.29, 0.717) is 16.9 Å². The Morgan fingerprint density at radius 2 is 1.93 bits per heavy atom. The fourth-order valence-corrected chi connectivity index (χ4v) is 5.53. The Kier molecular flexibility index (Phi) is 8.40. The van der Waals surface area contributed by atoms with Crippen molar-refractivity contribution >= 4 is 40.1 Å². The van der Waals surface area contributed by atoms with Gasteiger partial charge in [-0.2, -0.15) is 0 Å². The summed E-state index contributed by atoms with van der Waals surface area (Å²) in [5, 5.41) is 3.68. The van der Waals surface area contributed by atoms with Gasteiger partial charge in [0.25, 0.3) is 0 Å². The van der Waals surface area contributed by atoms with Crippen LogP contribution in [0.1, 0.15) is 48.8 Å². The van der Waals surface area contributed by atoms with E-state index in [-0.39, 0.29) is 24.0 Å². The third-order valence-corrected chi connectivity index (χ3v) is 7.76. The molecule has 2 amide bonds. The number of amides is 2. The molecule has 0 saturated carbocycles. The summed E-state index contributed by atoms with van der Waals surface area (Å²) in [5.74, 6) is -0.610. The van der Waals surface area contributed by atoms with E-state index in [1.165, 1.54) is 12.3 Å². The highest BCUT2D eigenvalue weighted by Crippen LogP contribution is 2.39. The molecule has 2 aliphatic rings. The van der Waals surface area contributed by atoms with Crippen LogP contribution >= 0.6 is 0 Å². The molecule has 3 heterocycles. The van der Waals surface area contributed by atoms with E-state index in [0.717, 1.165) is 65.9 Å². The van der Waals surface area contributed by atoms with E-state index in [2.05, 4.69) is 45.0 Å². The predicted octanol–water partition coefficient (Wildman–Crippen LogP) is 5.10. The van der Waals surface area contributed by atoms with Gasteiger partial charge in [-0.25, -0.2) is 9.78 Å². The van der Waals surface area contributed by atoms with Crippen LogP contribution in [0.25, 0.3) is 27.7 Å². The lowest BCUT2D eigenvalue weighted by Crippen LogP contribution is -2.51. The maximum Gasteiger partial charge on any atom is 0.339 e. The van der Waals surface area contributed by atoms with Gasteiger partial charge in [-0.05, 0) is 62.1 Å². The topological polar surface area (TPSA) is 108 Å². The first-order valence-corrected chi connectivity index (χ1v) is 14.3. The third kappa shape index (κ3) is 6.06. The highest BCUT2D eigenvalue weighted by atomic mass is 16.5. The van der Waals surface area contributed by atoms with Crippen molar-refractivity contribution in [1.82, 2.24) is 19.8 Å². The van der Waals surface area contributed by atoms with Crippen molar-refractivity contribution in [1.29, 1.82) is 0 Å². The number of hydrogen-bond donors (Lipinski definition) is 2. The highest BCUT2D eigenvalue weighted by molar-refractivity contribution is 6.05. The summed E-state index contributed by atoms with van der Waals surface area (Å²) >= 11 is 0. The normalized spacial score (nSPS) is 17.3. The Bertz CT molecular complexity index is 1610. The predicted molar refractivity (Wildman–Crippen MR) is 165 cm³/mol. The summed E-state index contributed by atoms with van der Waals surface area (Å²) in [5.41, 5.74) is 6.23. The minimum absolute atomic E-state index is 0.114. The molecule has 42 heavy (non-hydrogen) atoms. The number of allylic oxidation sites excluding steroid dienone is 2. The number of piperazine rings is 1. The molecule has 1 unspecified atom stereocenters. The molecule has 218 valence electrons. The monoisotopic (exact) mass is 567 g/mol. The Balaban J connectivity index is 1.60. The lowest BCUT2D eigenvalue weighted by atomic mass is 9.93. The van der Waals surface area contributed by atoms with Gasteiger partial charge in [0.2, 0.25) is 11.8 Å². The van der Waals surface area contributed by atoms with Crippen LogP contribution in [-0.2, 0) is 14.3 Å². The van der Waals surface area contributed by atoms with E-state index in [4.69, 9.17) is 4.74 Å². The fourth-order valence-electron chi connectivity index (χ4n) is 5.53. The molecule has 2 N–H and O–H groups in total. The number of anilines is 1. The second-order valence-corrected chi connectivity index (χ2v) is 11.0. The van der Waals surface area contributed by atoms with Crippen LogP contribution in [0.5, 0.6) is 0 Å². The zero-order valence-electron chi connectivity index (χ0n) is 24.6. The number of nitrogens with zero attached hydrogens (tertiary/aromatic N) is 3.